The van der Waals surface area contributed by atoms with Gasteiger partial charge in [0.1, 0.15) is 0 Å². The van der Waals surface area contributed by atoms with Crippen molar-refractivity contribution in [3.63, 3.8) is 0 Å². The largest absolute Gasteiger partial charge is 0.432 e. The van der Waals surface area contributed by atoms with Gasteiger partial charge in [0.2, 0.25) is 24.1 Å². The number of ether oxygens (including phenoxy) is 5. The lowest BCUT2D eigenvalue weighted by molar-refractivity contribution is -0.222. The molecule has 4 unspecified atom stereocenters. The third kappa shape index (κ3) is 4.75. The first-order chi connectivity index (χ1) is 11.2. The van der Waals surface area contributed by atoms with Crippen LogP contribution in [-0.4, -0.2) is 49.9 Å². The maximum absolute atomic E-state index is 11.2. The lowest BCUT2D eigenvalue weighted by atomic mass is 10.2. The van der Waals surface area contributed by atoms with E-state index in [9.17, 15) is 9.59 Å². The van der Waals surface area contributed by atoms with Gasteiger partial charge in [-0.25, -0.2) is 9.59 Å². The summed E-state index contributed by atoms with van der Waals surface area (Å²) in [6.07, 6.45) is 1.02. The molecule has 0 amide bonds. The molecule has 128 valence electrons. The first kappa shape index (κ1) is 17.9. The summed E-state index contributed by atoms with van der Waals surface area (Å²) in [6.45, 7) is 4.82. The van der Waals surface area contributed by atoms with Crippen LogP contribution in [0.2, 0.25) is 0 Å². The normalized spacial score (nSPS) is 30.9. The van der Waals surface area contributed by atoms with E-state index in [2.05, 4.69) is 0 Å². The molecule has 2 aliphatic rings. The first-order valence-electron chi connectivity index (χ1n) is 7.93. The Kier molecular flexibility index (Phi) is 6.99. The predicted molar refractivity (Wildman–Crippen MR) is 78.5 cm³/mol. The van der Waals surface area contributed by atoms with Gasteiger partial charge >= 0.3 is 0 Å². The van der Waals surface area contributed by atoms with Crippen LogP contribution in [0, 0.1) is 0 Å². The highest BCUT2D eigenvalue weighted by molar-refractivity contribution is 5.55. The minimum Gasteiger partial charge on any atom is -0.432 e. The van der Waals surface area contributed by atoms with Crippen molar-refractivity contribution in [1.29, 1.82) is 0 Å². The molecule has 0 spiro atoms. The minimum absolute atomic E-state index is 0.0315. The average molecular weight is 326 g/mol. The first-order valence-corrected chi connectivity index (χ1v) is 7.93. The summed E-state index contributed by atoms with van der Waals surface area (Å²) in [5.41, 5.74) is 0. The van der Waals surface area contributed by atoms with Gasteiger partial charge in [-0.1, -0.05) is 13.8 Å². The molecular formula is C16H22O7. The third-order valence-corrected chi connectivity index (χ3v) is 3.81. The van der Waals surface area contributed by atoms with Gasteiger partial charge in [-0.2, -0.15) is 0 Å². The van der Waals surface area contributed by atoms with E-state index in [0.717, 1.165) is 25.7 Å². The quantitative estimate of drug-likeness (QED) is 0.541. The summed E-state index contributed by atoms with van der Waals surface area (Å²) in [5.74, 6) is 2.74. The van der Waals surface area contributed by atoms with Crippen molar-refractivity contribution in [3.05, 3.63) is 11.5 Å². The third-order valence-electron chi connectivity index (χ3n) is 3.81. The van der Waals surface area contributed by atoms with Gasteiger partial charge in [0.25, 0.3) is 0 Å². The van der Waals surface area contributed by atoms with Crippen LogP contribution in [0.15, 0.2) is 11.5 Å². The molecule has 2 aliphatic heterocycles. The fourth-order valence-electron chi connectivity index (χ4n) is 2.41. The Hall–Kier alpha value is -1.46. The molecule has 0 saturated carbocycles. The van der Waals surface area contributed by atoms with E-state index in [4.69, 9.17) is 23.7 Å². The molecule has 0 bridgehead atoms. The Labute approximate surface area is 135 Å². The molecule has 2 rings (SSSR count). The van der Waals surface area contributed by atoms with E-state index in [0.29, 0.717) is 13.2 Å². The molecule has 4 atom stereocenters. The van der Waals surface area contributed by atoms with Crippen LogP contribution in [0.4, 0.5) is 0 Å². The van der Waals surface area contributed by atoms with Crippen molar-refractivity contribution in [2.24, 2.45) is 0 Å². The summed E-state index contributed by atoms with van der Waals surface area (Å²) < 4.78 is 27.2. The molecule has 0 aromatic carbocycles. The van der Waals surface area contributed by atoms with Gasteiger partial charge in [-0.3, -0.25) is 0 Å². The molecule has 7 nitrogen and oxygen atoms in total. The van der Waals surface area contributed by atoms with E-state index >= 15 is 0 Å². The molecule has 2 heterocycles. The molecule has 23 heavy (non-hydrogen) atoms. The van der Waals surface area contributed by atoms with Crippen LogP contribution in [0.5, 0.6) is 0 Å². The lowest BCUT2D eigenvalue weighted by Gasteiger charge is -2.31. The van der Waals surface area contributed by atoms with Gasteiger partial charge < -0.3 is 23.7 Å². The van der Waals surface area contributed by atoms with Crippen molar-refractivity contribution in [2.75, 3.05) is 13.2 Å². The number of hydrogen-bond acceptors (Lipinski definition) is 7. The van der Waals surface area contributed by atoms with Crippen molar-refractivity contribution in [1.82, 2.24) is 0 Å². The summed E-state index contributed by atoms with van der Waals surface area (Å²) in [6, 6.07) is 0. The van der Waals surface area contributed by atoms with Gasteiger partial charge in [-0.05, 0) is 25.7 Å². The molecule has 0 radical (unpaired) electrons. The molecule has 2 fully saturated rings. The lowest BCUT2D eigenvalue weighted by Crippen LogP contribution is -2.37. The zero-order valence-corrected chi connectivity index (χ0v) is 13.4. The summed E-state index contributed by atoms with van der Waals surface area (Å²) >= 11 is 0. The van der Waals surface area contributed by atoms with Gasteiger partial charge in [0.05, 0.1) is 25.4 Å². The fraction of sp³-hybridized carbons (Fsp3) is 0.750. The van der Waals surface area contributed by atoms with Crippen molar-refractivity contribution in [3.8, 4) is 0 Å². The Bertz CT molecular complexity index is 447. The smallest absolute Gasteiger partial charge is 0.244 e. The number of hydrogen-bond donors (Lipinski definition) is 0. The van der Waals surface area contributed by atoms with Gasteiger partial charge in [0.15, 0.2) is 11.9 Å². The van der Waals surface area contributed by atoms with Crippen molar-refractivity contribution in [2.45, 2.75) is 64.3 Å². The van der Waals surface area contributed by atoms with Crippen LogP contribution in [0.3, 0.4) is 0 Å². The van der Waals surface area contributed by atoms with E-state index < -0.39 is 12.6 Å². The monoisotopic (exact) mass is 326 g/mol. The molecule has 7 heteroatoms. The van der Waals surface area contributed by atoms with Crippen LogP contribution in [0.25, 0.3) is 0 Å². The Balaban J connectivity index is 2.02. The number of carbonyl (C=O) groups excluding carboxylic acids is 2. The topological polar surface area (TPSA) is 80.3 Å². The fourth-order valence-corrected chi connectivity index (χ4v) is 2.41. The van der Waals surface area contributed by atoms with Crippen molar-refractivity contribution >= 4 is 11.9 Å². The van der Waals surface area contributed by atoms with E-state index in [1.807, 2.05) is 13.8 Å². The van der Waals surface area contributed by atoms with E-state index in [1.54, 1.807) is 11.9 Å². The highest BCUT2D eigenvalue weighted by Gasteiger charge is 2.33. The van der Waals surface area contributed by atoms with E-state index in [-0.39, 0.29) is 23.7 Å². The summed E-state index contributed by atoms with van der Waals surface area (Å²) in [7, 11) is 0. The van der Waals surface area contributed by atoms with Crippen LogP contribution < -0.4 is 0 Å². The molecular weight excluding hydrogens is 304 g/mol. The van der Waals surface area contributed by atoms with Gasteiger partial charge in [-0.15, -0.1) is 0 Å². The zero-order valence-electron chi connectivity index (χ0n) is 13.4. The Morgan fingerprint density at radius 2 is 1.35 bits per heavy atom. The molecule has 0 N–H and O–H groups in total. The average Bonchev–Trinajstić information content (AvgIpc) is 2.62. The second-order valence-corrected chi connectivity index (χ2v) is 5.35. The van der Waals surface area contributed by atoms with Crippen LogP contribution >= 0.6 is 0 Å². The highest BCUT2D eigenvalue weighted by Crippen LogP contribution is 2.25. The molecule has 0 aromatic rings. The standard InChI is InChI=1S/C16H22O7/c1-3-11-5-7-19-15(21-11)13(9-17)23-14(10-18)16-20-8-6-12(4-2)22-16/h11-12,15-16H,3-8H2,1-2H3. The minimum atomic E-state index is -0.986. The Morgan fingerprint density at radius 3 is 1.70 bits per heavy atom. The summed E-state index contributed by atoms with van der Waals surface area (Å²) in [5, 5.41) is 0. The number of rotatable bonds is 6. The van der Waals surface area contributed by atoms with Crippen LogP contribution in [0.1, 0.15) is 39.5 Å². The second-order valence-electron chi connectivity index (χ2n) is 5.35. The molecule has 0 aliphatic carbocycles. The SMILES string of the molecule is CCC1CCOC(C(=C=O)OC(=C=O)C2OCCC(CC)O2)O1. The van der Waals surface area contributed by atoms with E-state index in [1.165, 1.54) is 0 Å². The second kappa shape index (κ2) is 8.99. The summed E-state index contributed by atoms with van der Waals surface area (Å²) in [4.78, 5) is 22.4. The van der Waals surface area contributed by atoms with Gasteiger partial charge in [0, 0.05) is 0 Å². The molecule has 0 aromatic heterocycles. The predicted octanol–water partition coefficient (Wildman–Crippen LogP) is 1.52. The zero-order chi connectivity index (χ0) is 16.7. The maximum atomic E-state index is 11.2. The molecule has 2 saturated heterocycles. The maximum Gasteiger partial charge on any atom is 0.244 e. The Morgan fingerprint density at radius 1 is 0.913 bits per heavy atom. The van der Waals surface area contributed by atoms with Crippen molar-refractivity contribution < 1.29 is 33.3 Å². The highest BCUT2D eigenvalue weighted by atomic mass is 16.7. The van der Waals surface area contributed by atoms with Crippen LogP contribution in [-0.2, 0) is 33.3 Å².